The monoisotopic (exact) mass is 266 g/mol. The number of hydrogen-bond acceptors (Lipinski definition) is 2. The maximum Gasteiger partial charge on any atom is 0.191 e. The first-order valence-electron chi connectivity index (χ1n) is 4.58. The summed E-state index contributed by atoms with van der Waals surface area (Å²) in [4.78, 5) is 16.9. The Balaban J connectivity index is 2.86. The molecule has 0 saturated carbocycles. The van der Waals surface area contributed by atoms with Crippen molar-refractivity contribution < 1.29 is 0 Å². The molecule has 4 heteroatoms. The lowest BCUT2D eigenvalue weighted by atomic mass is 10.2. The van der Waals surface area contributed by atoms with Gasteiger partial charge in [0.25, 0.3) is 0 Å². The van der Waals surface area contributed by atoms with E-state index in [-0.39, 0.29) is 5.43 Å². The van der Waals surface area contributed by atoms with Gasteiger partial charge in [-0.05, 0) is 28.1 Å². The van der Waals surface area contributed by atoms with E-state index in [0.29, 0.717) is 5.39 Å². The molecule has 0 spiro atoms. The number of pyridine rings is 1. The largest absolute Gasteiger partial charge is 0.364 e. The summed E-state index contributed by atoms with van der Waals surface area (Å²) in [7, 11) is 3.79. The number of aromatic amines is 1. The molecule has 0 fully saturated rings. The van der Waals surface area contributed by atoms with E-state index in [1.165, 1.54) is 0 Å². The number of benzene rings is 1. The highest BCUT2D eigenvalue weighted by atomic mass is 79.9. The number of nitrogens with zero attached hydrogens (tertiary/aromatic N) is 1. The fourth-order valence-corrected chi connectivity index (χ4v) is 1.93. The molecule has 78 valence electrons. The van der Waals surface area contributed by atoms with E-state index in [1.807, 2.05) is 37.2 Å². The molecule has 2 aromatic rings. The summed E-state index contributed by atoms with van der Waals surface area (Å²) in [6.07, 6.45) is 0. The number of H-pyrrole nitrogens is 1. The fraction of sp³-hybridized carbons (Fsp3) is 0.182. The highest BCUT2D eigenvalue weighted by Gasteiger charge is 2.05. The second-order valence-corrected chi connectivity index (χ2v) is 4.43. The Bertz CT molecular complexity index is 560. The minimum absolute atomic E-state index is 0.0359. The molecule has 3 nitrogen and oxygen atoms in total. The third-order valence-corrected chi connectivity index (χ3v) is 2.94. The molecular formula is C11H11BrN2O. The number of anilines is 1. The highest BCUT2D eigenvalue weighted by molar-refractivity contribution is 9.10. The molecule has 0 aliphatic heterocycles. The van der Waals surface area contributed by atoms with Gasteiger partial charge in [-0.1, -0.05) is 6.07 Å². The van der Waals surface area contributed by atoms with Crippen LogP contribution in [0.3, 0.4) is 0 Å². The molecule has 2 rings (SSSR count). The summed E-state index contributed by atoms with van der Waals surface area (Å²) in [6.45, 7) is 0. The Morgan fingerprint density at radius 3 is 2.73 bits per heavy atom. The van der Waals surface area contributed by atoms with E-state index in [2.05, 4.69) is 20.9 Å². The summed E-state index contributed by atoms with van der Waals surface area (Å²) in [5, 5.41) is 0.704. The summed E-state index contributed by atoms with van der Waals surface area (Å²) < 4.78 is 0.904. The fourth-order valence-electron chi connectivity index (χ4n) is 1.46. The molecule has 0 aliphatic carbocycles. The van der Waals surface area contributed by atoms with E-state index in [0.717, 1.165) is 15.8 Å². The van der Waals surface area contributed by atoms with E-state index >= 15 is 0 Å². The third kappa shape index (κ3) is 1.77. The molecule has 0 atom stereocenters. The van der Waals surface area contributed by atoms with Crippen LogP contribution in [0.15, 0.2) is 33.5 Å². The molecule has 0 aliphatic rings. The predicted molar refractivity (Wildman–Crippen MR) is 66.6 cm³/mol. The standard InChI is InChI=1S/C11H11BrN2O/c1-14(2)10-6-9(15)7-4-3-5-8(12)11(7)13-10/h3-6H,1-2H3,(H,13,15). The average Bonchev–Trinajstić information content (AvgIpc) is 2.19. The van der Waals surface area contributed by atoms with Crippen molar-refractivity contribution in [3.63, 3.8) is 0 Å². The molecule has 1 aromatic heterocycles. The molecule has 1 N–H and O–H groups in total. The van der Waals surface area contributed by atoms with E-state index < -0.39 is 0 Å². The smallest absolute Gasteiger partial charge is 0.191 e. The normalized spacial score (nSPS) is 10.6. The van der Waals surface area contributed by atoms with Gasteiger partial charge in [0.2, 0.25) is 0 Å². The maximum atomic E-state index is 11.8. The lowest BCUT2D eigenvalue weighted by Gasteiger charge is -2.13. The van der Waals surface area contributed by atoms with Gasteiger partial charge in [-0.25, -0.2) is 0 Å². The first-order valence-corrected chi connectivity index (χ1v) is 5.38. The van der Waals surface area contributed by atoms with E-state index in [9.17, 15) is 4.79 Å². The Morgan fingerprint density at radius 2 is 2.07 bits per heavy atom. The number of halogens is 1. The van der Waals surface area contributed by atoms with Crippen LogP contribution in [0.4, 0.5) is 5.82 Å². The average molecular weight is 267 g/mol. The number of rotatable bonds is 1. The van der Waals surface area contributed by atoms with Crippen molar-refractivity contribution >= 4 is 32.7 Å². The summed E-state index contributed by atoms with van der Waals surface area (Å²) >= 11 is 3.43. The van der Waals surface area contributed by atoms with Gasteiger partial charge >= 0.3 is 0 Å². The number of nitrogens with one attached hydrogen (secondary N) is 1. The van der Waals surface area contributed by atoms with Crippen molar-refractivity contribution in [1.82, 2.24) is 4.98 Å². The van der Waals surface area contributed by atoms with Gasteiger partial charge in [0, 0.05) is 30.0 Å². The molecule has 1 heterocycles. The van der Waals surface area contributed by atoms with Crippen LogP contribution in [0.1, 0.15) is 0 Å². The maximum absolute atomic E-state index is 11.8. The van der Waals surface area contributed by atoms with Gasteiger partial charge < -0.3 is 9.88 Å². The van der Waals surface area contributed by atoms with Gasteiger partial charge in [-0.2, -0.15) is 0 Å². The second kappa shape index (κ2) is 3.70. The van der Waals surface area contributed by atoms with Crippen LogP contribution in [0, 0.1) is 0 Å². The van der Waals surface area contributed by atoms with Crippen molar-refractivity contribution in [2.45, 2.75) is 0 Å². The summed E-state index contributed by atoms with van der Waals surface area (Å²) in [6, 6.07) is 7.20. The van der Waals surface area contributed by atoms with Crippen LogP contribution in [0.25, 0.3) is 10.9 Å². The lowest BCUT2D eigenvalue weighted by Crippen LogP contribution is -2.14. The molecule has 0 saturated heterocycles. The van der Waals surface area contributed by atoms with Crippen molar-refractivity contribution in [1.29, 1.82) is 0 Å². The Kier molecular flexibility index (Phi) is 2.52. The third-order valence-electron chi connectivity index (χ3n) is 2.28. The first-order chi connectivity index (χ1) is 7.09. The van der Waals surface area contributed by atoms with Crippen LogP contribution in [-0.4, -0.2) is 19.1 Å². The van der Waals surface area contributed by atoms with Gasteiger partial charge in [0.05, 0.1) is 5.52 Å². The summed E-state index contributed by atoms with van der Waals surface area (Å²) in [5.74, 6) is 0.805. The molecule has 0 bridgehead atoms. The number of para-hydroxylation sites is 1. The number of hydrogen-bond donors (Lipinski definition) is 1. The molecule has 0 amide bonds. The minimum Gasteiger partial charge on any atom is -0.364 e. The van der Waals surface area contributed by atoms with E-state index in [1.54, 1.807) is 6.07 Å². The van der Waals surface area contributed by atoms with Crippen LogP contribution in [-0.2, 0) is 0 Å². The van der Waals surface area contributed by atoms with Crippen LogP contribution >= 0.6 is 15.9 Å². The van der Waals surface area contributed by atoms with Gasteiger partial charge in [-0.3, -0.25) is 4.79 Å². The predicted octanol–water partition coefficient (Wildman–Crippen LogP) is 2.36. The molecule has 15 heavy (non-hydrogen) atoms. The van der Waals surface area contributed by atoms with Crippen molar-refractivity contribution in [3.05, 3.63) is 39.0 Å². The Morgan fingerprint density at radius 1 is 1.33 bits per heavy atom. The molecule has 1 aromatic carbocycles. The van der Waals surface area contributed by atoms with Gasteiger partial charge in [0.15, 0.2) is 5.43 Å². The SMILES string of the molecule is CN(C)c1cc(=O)c2cccc(Br)c2[nH]1. The zero-order valence-electron chi connectivity index (χ0n) is 8.54. The van der Waals surface area contributed by atoms with E-state index in [4.69, 9.17) is 0 Å². The zero-order valence-corrected chi connectivity index (χ0v) is 10.1. The Hall–Kier alpha value is -1.29. The first kappa shape index (κ1) is 10.2. The second-order valence-electron chi connectivity index (χ2n) is 3.58. The van der Waals surface area contributed by atoms with Crippen LogP contribution in [0.5, 0.6) is 0 Å². The Labute approximate surface area is 95.9 Å². The number of aromatic nitrogens is 1. The highest BCUT2D eigenvalue weighted by Crippen LogP contribution is 2.21. The summed E-state index contributed by atoms with van der Waals surface area (Å²) in [5.41, 5.74) is 0.877. The van der Waals surface area contributed by atoms with Gasteiger partial charge in [0.1, 0.15) is 5.82 Å². The topological polar surface area (TPSA) is 36.1 Å². The molecule has 0 unspecified atom stereocenters. The van der Waals surface area contributed by atoms with Crippen molar-refractivity contribution in [2.24, 2.45) is 0 Å². The van der Waals surface area contributed by atoms with Crippen LogP contribution < -0.4 is 10.3 Å². The number of fused-ring (bicyclic) bond motifs is 1. The van der Waals surface area contributed by atoms with Crippen LogP contribution in [0.2, 0.25) is 0 Å². The van der Waals surface area contributed by atoms with Crippen molar-refractivity contribution in [3.8, 4) is 0 Å². The van der Waals surface area contributed by atoms with Crippen molar-refractivity contribution in [2.75, 3.05) is 19.0 Å². The van der Waals surface area contributed by atoms with Gasteiger partial charge in [-0.15, -0.1) is 0 Å². The zero-order chi connectivity index (χ0) is 11.0. The lowest BCUT2D eigenvalue weighted by molar-refractivity contribution is 1.08. The molecule has 0 radical (unpaired) electrons. The molecular weight excluding hydrogens is 256 g/mol. The minimum atomic E-state index is 0.0359. The quantitative estimate of drug-likeness (QED) is 0.861.